The van der Waals surface area contributed by atoms with Gasteiger partial charge in [0.2, 0.25) is 0 Å². The predicted molar refractivity (Wildman–Crippen MR) is 111 cm³/mol. The highest BCUT2D eigenvalue weighted by atomic mass is 79.9. The Bertz CT molecular complexity index is 811. The van der Waals surface area contributed by atoms with Crippen LogP contribution in [0.5, 0.6) is 0 Å². The molecule has 0 radical (unpaired) electrons. The van der Waals surface area contributed by atoms with Crippen LogP contribution in [0.15, 0.2) is 52.8 Å². The van der Waals surface area contributed by atoms with Crippen LogP contribution in [0.1, 0.15) is 54.1 Å². The molecule has 2 aromatic rings. The lowest BCUT2D eigenvalue weighted by Gasteiger charge is -2.36. The molecule has 4 rings (SSSR count). The summed E-state index contributed by atoms with van der Waals surface area (Å²) in [5.74, 6) is -0.0153. The van der Waals surface area contributed by atoms with Gasteiger partial charge in [-0.3, -0.25) is 9.69 Å². The van der Waals surface area contributed by atoms with E-state index in [-0.39, 0.29) is 5.91 Å². The molecule has 0 unspecified atom stereocenters. The number of carbonyl (C=O) groups excluding carboxylic acids is 1. The molecule has 2 aliphatic heterocycles. The average Bonchev–Trinajstić information content (AvgIpc) is 3.27. The Balaban J connectivity index is 1.49. The van der Waals surface area contributed by atoms with Gasteiger partial charge in [-0.2, -0.15) is 0 Å². The molecule has 3 heterocycles. The smallest absolute Gasteiger partial charge is 0.251 e. The molecule has 1 N–H and O–H groups in total. The van der Waals surface area contributed by atoms with Crippen LogP contribution in [0.25, 0.3) is 4.48 Å². The Kier molecular flexibility index (Phi) is 5.50. The predicted octanol–water partition coefficient (Wildman–Crippen LogP) is 4.96. The van der Waals surface area contributed by atoms with E-state index in [2.05, 4.69) is 32.2 Å². The van der Waals surface area contributed by atoms with Crippen LogP contribution in [0.2, 0.25) is 0 Å². The lowest BCUT2D eigenvalue weighted by atomic mass is 9.94. The number of nitrogens with zero attached hydrogens (tertiary/aromatic N) is 1. The first-order valence-corrected chi connectivity index (χ1v) is 10.5. The van der Waals surface area contributed by atoms with Crippen molar-refractivity contribution >= 4 is 26.3 Å². The summed E-state index contributed by atoms with van der Waals surface area (Å²) in [4.78, 5) is 14.6. The number of amides is 1. The highest BCUT2D eigenvalue weighted by Gasteiger charge is 2.39. The molecule has 27 heavy (non-hydrogen) atoms. The number of hydrogen-bond acceptors (Lipinski definition) is 3. The quantitative estimate of drug-likeness (QED) is 0.731. The Labute approximate surface area is 168 Å². The minimum Gasteiger partial charge on any atom is -0.472 e. The zero-order valence-electron chi connectivity index (χ0n) is 15.6. The number of furan rings is 1. The Morgan fingerprint density at radius 1 is 1.15 bits per heavy atom. The normalized spacial score (nSPS) is 24.1. The summed E-state index contributed by atoms with van der Waals surface area (Å²) in [6.07, 6.45) is 8.36. The van der Waals surface area contributed by atoms with Gasteiger partial charge in [0.25, 0.3) is 5.91 Å². The van der Waals surface area contributed by atoms with Crippen molar-refractivity contribution in [3.63, 3.8) is 0 Å². The van der Waals surface area contributed by atoms with Gasteiger partial charge in [-0.25, -0.2) is 0 Å². The molecule has 0 saturated carbocycles. The van der Waals surface area contributed by atoms with Crippen molar-refractivity contribution in [2.45, 2.75) is 51.2 Å². The lowest BCUT2D eigenvalue weighted by molar-refractivity contribution is 0.0956. The van der Waals surface area contributed by atoms with Gasteiger partial charge in [0.05, 0.1) is 12.5 Å². The highest BCUT2D eigenvalue weighted by molar-refractivity contribution is 9.15. The van der Waals surface area contributed by atoms with Crippen LogP contribution in [0.3, 0.4) is 0 Å². The van der Waals surface area contributed by atoms with E-state index in [1.54, 1.807) is 6.26 Å². The molecular formula is C22H25BrN2O2. The van der Waals surface area contributed by atoms with Crippen molar-refractivity contribution < 1.29 is 9.21 Å². The SMILES string of the molecule is CCNC(=O)c1ccc(C(Br)=C2C[C@H]3CC[C@@H](C2)N3Cc2ccoc2)cc1. The lowest BCUT2D eigenvalue weighted by Crippen LogP contribution is -2.39. The van der Waals surface area contributed by atoms with Gasteiger partial charge in [0, 0.05) is 40.8 Å². The van der Waals surface area contributed by atoms with Gasteiger partial charge in [0.15, 0.2) is 0 Å². The molecule has 1 aromatic carbocycles. The molecule has 2 bridgehead atoms. The number of nitrogens with one attached hydrogen (secondary N) is 1. The van der Waals surface area contributed by atoms with E-state index >= 15 is 0 Å². The monoisotopic (exact) mass is 428 g/mol. The summed E-state index contributed by atoms with van der Waals surface area (Å²) in [5.41, 5.74) is 4.62. The fraction of sp³-hybridized carbons (Fsp3) is 0.409. The van der Waals surface area contributed by atoms with Crippen LogP contribution in [-0.4, -0.2) is 29.4 Å². The van der Waals surface area contributed by atoms with Crippen molar-refractivity contribution in [1.82, 2.24) is 10.2 Å². The van der Waals surface area contributed by atoms with Crippen LogP contribution in [-0.2, 0) is 6.54 Å². The molecule has 0 aliphatic carbocycles. The van der Waals surface area contributed by atoms with Crippen LogP contribution < -0.4 is 5.32 Å². The summed E-state index contributed by atoms with van der Waals surface area (Å²) in [6.45, 7) is 3.56. The second-order valence-electron chi connectivity index (χ2n) is 7.45. The molecule has 5 heteroatoms. The van der Waals surface area contributed by atoms with Gasteiger partial charge < -0.3 is 9.73 Å². The number of benzene rings is 1. The molecule has 142 valence electrons. The van der Waals surface area contributed by atoms with E-state index in [4.69, 9.17) is 4.42 Å². The second-order valence-corrected chi connectivity index (χ2v) is 8.24. The minimum atomic E-state index is -0.0153. The Hall–Kier alpha value is -1.85. The highest BCUT2D eigenvalue weighted by Crippen LogP contribution is 2.43. The molecule has 0 spiro atoms. The standard InChI is InChI=1S/C22H25BrN2O2/c1-2-24-22(26)17-5-3-16(4-6-17)21(23)18-11-19-7-8-20(12-18)25(19)13-15-9-10-27-14-15/h3-6,9-10,14,19-20H,2,7-8,11-13H2,1H3,(H,24,26)/t19-,20+. The number of carbonyl (C=O) groups is 1. The van der Waals surface area contributed by atoms with Gasteiger partial charge in [-0.1, -0.05) is 33.6 Å². The first-order valence-electron chi connectivity index (χ1n) is 9.68. The van der Waals surface area contributed by atoms with Crippen LogP contribution >= 0.6 is 15.9 Å². The summed E-state index contributed by atoms with van der Waals surface area (Å²) in [7, 11) is 0. The summed E-state index contributed by atoms with van der Waals surface area (Å²) < 4.78 is 6.43. The van der Waals surface area contributed by atoms with Crippen molar-refractivity contribution in [2.24, 2.45) is 0 Å². The number of piperidine rings is 1. The molecule has 2 atom stereocenters. The van der Waals surface area contributed by atoms with E-state index in [1.165, 1.54) is 28.5 Å². The molecule has 1 aromatic heterocycles. The van der Waals surface area contributed by atoms with E-state index < -0.39 is 0 Å². The Morgan fingerprint density at radius 2 is 1.81 bits per heavy atom. The number of hydrogen-bond donors (Lipinski definition) is 1. The summed E-state index contributed by atoms with van der Waals surface area (Å²) >= 11 is 3.85. The number of fused-ring (bicyclic) bond motifs is 2. The fourth-order valence-corrected chi connectivity index (χ4v) is 4.96. The second kappa shape index (κ2) is 8.03. The third-order valence-corrected chi connectivity index (χ3v) is 6.75. The first kappa shape index (κ1) is 18.5. The zero-order valence-corrected chi connectivity index (χ0v) is 17.2. The maximum absolute atomic E-state index is 11.9. The molecule has 2 aliphatic rings. The van der Waals surface area contributed by atoms with Gasteiger partial charge in [-0.15, -0.1) is 0 Å². The van der Waals surface area contributed by atoms with E-state index in [9.17, 15) is 4.79 Å². The van der Waals surface area contributed by atoms with Crippen molar-refractivity contribution in [1.29, 1.82) is 0 Å². The fourth-order valence-electron chi connectivity index (χ4n) is 4.37. The van der Waals surface area contributed by atoms with Crippen molar-refractivity contribution in [2.75, 3.05) is 6.54 Å². The van der Waals surface area contributed by atoms with Gasteiger partial charge in [0.1, 0.15) is 0 Å². The Morgan fingerprint density at radius 3 is 2.41 bits per heavy atom. The number of rotatable bonds is 5. The maximum atomic E-state index is 11.9. The van der Waals surface area contributed by atoms with Gasteiger partial charge in [-0.05, 0) is 56.4 Å². The van der Waals surface area contributed by atoms with Crippen molar-refractivity contribution in [3.8, 4) is 0 Å². The third-order valence-electron chi connectivity index (χ3n) is 5.73. The summed E-state index contributed by atoms with van der Waals surface area (Å²) in [6, 6.07) is 11.2. The average molecular weight is 429 g/mol. The van der Waals surface area contributed by atoms with Crippen LogP contribution in [0, 0.1) is 0 Å². The van der Waals surface area contributed by atoms with Crippen molar-refractivity contribution in [3.05, 3.63) is 65.1 Å². The maximum Gasteiger partial charge on any atom is 0.251 e. The molecule has 1 amide bonds. The van der Waals surface area contributed by atoms with E-state index in [1.807, 2.05) is 37.5 Å². The number of halogens is 1. The first-order chi connectivity index (χ1) is 13.2. The molecule has 2 fully saturated rings. The minimum absolute atomic E-state index is 0.0153. The largest absolute Gasteiger partial charge is 0.472 e. The molecular weight excluding hydrogens is 404 g/mol. The van der Waals surface area contributed by atoms with Gasteiger partial charge >= 0.3 is 0 Å². The zero-order chi connectivity index (χ0) is 18.8. The topological polar surface area (TPSA) is 45.5 Å². The van der Waals surface area contributed by atoms with E-state index in [0.29, 0.717) is 24.2 Å². The molecule has 2 saturated heterocycles. The van der Waals surface area contributed by atoms with Crippen LogP contribution in [0.4, 0.5) is 0 Å². The third kappa shape index (κ3) is 3.90. The van der Waals surface area contributed by atoms with E-state index in [0.717, 1.165) is 24.9 Å². The molecule has 4 nitrogen and oxygen atoms in total. The summed E-state index contributed by atoms with van der Waals surface area (Å²) in [5, 5.41) is 2.84.